The second kappa shape index (κ2) is 6.27. The molecule has 0 aliphatic rings. The molecule has 0 radical (unpaired) electrons. The number of nitrogen functional groups attached to an aromatic ring is 1. The highest BCUT2D eigenvalue weighted by Crippen LogP contribution is 2.23. The Kier molecular flexibility index (Phi) is 4.45. The van der Waals surface area contributed by atoms with Crippen molar-refractivity contribution in [3.05, 3.63) is 30.1 Å². The molecule has 108 valence electrons. The number of hydrogen-bond donors (Lipinski definition) is 1. The summed E-state index contributed by atoms with van der Waals surface area (Å²) in [4.78, 5) is 6.50. The van der Waals surface area contributed by atoms with Gasteiger partial charge in [-0.1, -0.05) is 6.92 Å². The standard InChI is InChI=1S/C14H21N5O/c1-4-7-20-14-12(15)5-6-13(17-14)18(2)9-11-8-16-19(3)10-11/h5-6,8,10H,4,7,9,15H2,1-3H3. The zero-order chi connectivity index (χ0) is 14.5. The molecule has 0 amide bonds. The van der Waals surface area contributed by atoms with Crippen LogP contribution in [0, 0.1) is 0 Å². The lowest BCUT2D eigenvalue weighted by Gasteiger charge is -2.18. The molecule has 2 N–H and O–H groups in total. The molecule has 2 heterocycles. The fourth-order valence-electron chi connectivity index (χ4n) is 1.88. The first kappa shape index (κ1) is 14.2. The third-order valence-electron chi connectivity index (χ3n) is 2.89. The summed E-state index contributed by atoms with van der Waals surface area (Å²) >= 11 is 0. The molecule has 20 heavy (non-hydrogen) atoms. The van der Waals surface area contributed by atoms with Crippen LogP contribution in [0.3, 0.4) is 0 Å². The number of anilines is 2. The molecule has 0 bridgehead atoms. The SMILES string of the molecule is CCCOc1nc(N(C)Cc2cnn(C)c2)ccc1N. The summed E-state index contributed by atoms with van der Waals surface area (Å²) in [7, 11) is 3.89. The maximum Gasteiger partial charge on any atom is 0.239 e. The average Bonchev–Trinajstić information content (AvgIpc) is 2.83. The van der Waals surface area contributed by atoms with E-state index >= 15 is 0 Å². The second-order valence-electron chi connectivity index (χ2n) is 4.79. The summed E-state index contributed by atoms with van der Waals surface area (Å²) < 4.78 is 7.34. The molecule has 0 fully saturated rings. The third kappa shape index (κ3) is 3.40. The van der Waals surface area contributed by atoms with Gasteiger partial charge < -0.3 is 15.4 Å². The average molecular weight is 275 g/mol. The monoisotopic (exact) mass is 275 g/mol. The van der Waals surface area contributed by atoms with Crippen molar-refractivity contribution in [3.63, 3.8) is 0 Å². The lowest BCUT2D eigenvalue weighted by molar-refractivity contribution is 0.307. The Balaban J connectivity index is 2.10. The van der Waals surface area contributed by atoms with Crippen LogP contribution in [0.15, 0.2) is 24.5 Å². The first-order valence-corrected chi connectivity index (χ1v) is 6.68. The van der Waals surface area contributed by atoms with Crippen LogP contribution in [-0.4, -0.2) is 28.4 Å². The number of nitrogens with zero attached hydrogens (tertiary/aromatic N) is 4. The Morgan fingerprint density at radius 1 is 1.40 bits per heavy atom. The van der Waals surface area contributed by atoms with Gasteiger partial charge in [-0.2, -0.15) is 10.1 Å². The zero-order valence-electron chi connectivity index (χ0n) is 12.2. The van der Waals surface area contributed by atoms with Crippen LogP contribution in [-0.2, 0) is 13.6 Å². The predicted molar refractivity (Wildman–Crippen MR) is 79.8 cm³/mol. The maximum atomic E-state index is 5.87. The molecule has 2 aromatic rings. The van der Waals surface area contributed by atoms with Crippen molar-refractivity contribution in [3.8, 4) is 5.88 Å². The van der Waals surface area contributed by atoms with Gasteiger partial charge in [0.1, 0.15) is 5.82 Å². The Bertz CT molecular complexity index is 566. The van der Waals surface area contributed by atoms with Gasteiger partial charge in [0, 0.05) is 32.4 Å². The number of nitrogens with two attached hydrogens (primary N) is 1. The molecule has 0 atom stereocenters. The Morgan fingerprint density at radius 3 is 2.85 bits per heavy atom. The third-order valence-corrected chi connectivity index (χ3v) is 2.89. The first-order valence-electron chi connectivity index (χ1n) is 6.68. The Morgan fingerprint density at radius 2 is 2.20 bits per heavy atom. The van der Waals surface area contributed by atoms with Crippen molar-refractivity contribution < 1.29 is 4.74 Å². The van der Waals surface area contributed by atoms with Crippen molar-refractivity contribution in [1.29, 1.82) is 0 Å². The first-order chi connectivity index (χ1) is 9.60. The van der Waals surface area contributed by atoms with Gasteiger partial charge in [-0.05, 0) is 18.6 Å². The van der Waals surface area contributed by atoms with Gasteiger partial charge in [-0.25, -0.2) is 0 Å². The van der Waals surface area contributed by atoms with E-state index in [9.17, 15) is 0 Å². The summed E-state index contributed by atoms with van der Waals surface area (Å²) in [5, 5.41) is 4.16. The van der Waals surface area contributed by atoms with Gasteiger partial charge >= 0.3 is 0 Å². The minimum atomic E-state index is 0.502. The fraction of sp³-hybridized carbons (Fsp3) is 0.429. The molecule has 6 heteroatoms. The fourth-order valence-corrected chi connectivity index (χ4v) is 1.88. The van der Waals surface area contributed by atoms with Crippen LogP contribution in [0.1, 0.15) is 18.9 Å². The van der Waals surface area contributed by atoms with E-state index in [0.717, 1.165) is 24.3 Å². The normalized spacial score (nSPS) is 10.6. The van der Waals surface area contributed by atoms with Crippen molar-refractivity contribution in [2.24, 2.45) is 7.05 Å². The van der Waals surface area contributed by atoms with Gasteiger partial charge in [0.25, 0.3) is 0 Å². The Labute approximate surface area is 119 Å². The van der Waals surface area contributed by atoms with E-state index < -0.39 is 0 Å². The van der Waals surface area contributed by atoms with E-state index in [1.165, 1.54) is 0 Å². The van der Waals surface area contributed by atoms with E-state index in [1.807, 2.05) is 43.5 Å². The largest absolute Gasteiger partial charge is 0.476 e. The number of rotatable bonds is 6. The van der Waals surface area contributed by atoms with Crippen LogP contribution in [0.5, 0.6) is 5.88 Å². The van der Waals surface area contributed by atoms with Gasteiger partial charge in [0.2, 0.25) is 5.88 Å². The minimum absolute atomic E-state index is 0.502. The summed E-state index contributed by atoms with van der Waals surface area (Å²) in [5.41, 5.74) is 7.56. The van der Waals surface area contributed by atoms with Crippen LogP contribution in [0.4, 0.5) is 11.5 Å². The van der Waals surface area contributed by atoms with Gasteiger partial charge in [0.05, 0.1) is 18.5 Å². The number of hydrogen-bond acceptors (Lipinski definition) is 5. The highest BCUT2D eigenvalue weighted by Gasteiger charge is 2.09. The van der Waals surface area contributed by atoms with E-state index in [2.05, 4.69) is 17.0 Å². The van der Waals surface area contributed by atoms with Crippen molar-refractivity contribution in [2.45, 2.75) is 19.9 Å². The van der Waals surface area contributed by atoms with Crippen molar-refractivity contribution >= 4 is 11.5 Å². The number of ether oxygens (including phenoxy) is 1. The van der Waals surface area contributed by atoms with E-state index in [4.69, 9.17) is 10.5 Å². The van der Waals surface area contributed by atoms with Gasteiger partial charge in [-0.3, -0.25) is 4.68 Å². The van der Waals surface area contributed by atoms with E-state index in [-0.39, 0.29) is 0 Å². The molecule has 2 rings (SSSR count). The smallest absolute Gasteiger partial charge is 0.239 e. The molecule has 2 aromatic heterocycles. The van der Waals surface area contributed by atoms with Crippen LogP contribution in [0.25, 0.3) is 0 Å². The van der Waals surface area contributed by atoms with Gasteiger partial charge in [-0.15, -0.1) is 0 Å². The van der Waals surface area contributed by atoms with Crippen LogP contribution < -0.4 is 15.4 Å². The van der Waals surface area contributed by atoms with Crippen LogP contribution in [0.2, 0.25) is 0 Å². The summed E-state index contributed by atoms with van der Waals surface area (Å²) in [6.07, 6.45) is 4.77. The molecular weight excluding hydrogens is 254 g/mol. The number of pyridine rings is 1. The molecular formula is C14H21N5O. The predicted octanol–water partition coefficient (Wildman–Crippen LogP) is 1.82. The van der Waals surface area contributed by atoms with Crippen molar-refractivity contribution in [1.82, 2.24) is 14.8 Å². The summed E-state index contributed by atoms with van der Waals surface area (Å²) in [5.74, 6) is 1.33. The van der Waals surface area contributed by atoms with E-state index in [0.29, 0.717) is 18.2 Å². The molecule has 0 saturated carbocycles. The molecule has 6 nitrogen and oxygen atoms in total. The number of aryl methyl sites for hydroxylation is 1. The second-order valence-corrected chi connectivity index (χ2v) is 4.79. The lowest BCUT2D eigenvalue weighted by atomic mass is 10.3. The molecule has 0 aromatic carbocycles. The lowest BCUT2D eigenvalue weighted by Crippen LogP contribution is -2.18. The molecule has 0 saturated heterocycles. The topological polar surface area (TPSA) is 69.2 Å². The van der Waals surface area contributed by atoms with E-state index in [1.54, 1.807) is 4.68 Å². The quantitative estimate of drug-likeness (QED) is 0.871. The van der Waals surface area contributed by atoms with Crippen molar-refractivity contribution in [2.75, 3.05) is 24.3 Å². The van der Waals surface area contributed by atoms with Crippen LogP contribution >= 0.6 is 0 Å². The highest BCUT2D eigenvalue weighted by atomic mass is 16.5. The Hall–Kier alpha value is -2.24. The maximum absolute atomic E-state index is 5.87. The molecule has 0 unspecified atom stereocenters. The summed E-state index contributed by atoms with van der Waals surface area (Å²) in [6.45, 7) is 3.40. The molecule has 0 spiro atoms. The summed E-state index contributed by atoms with van der Waals surface area (Å²) in [6, 6.07) is 3.72. The van der Waals surface area contributed by atoms with Gasteiger partial charge in [0.15, 0.2) is 0 Å². The number of aromatic nitrogens is 3. The highest BCUT2D eigenvalue weighted by molar-refractivity contribution is 5.54. The zero-order valence-corrected chi connectivity index (χ0v) is 12.2. The molecule has 0 aliphatic heterocycles. The molecule has 0 aliphatic carbocycles. The minimum Gasteiger partial charge on any atom is -0.476 e.